The lowest BCUT2D eigenvalue weighted by molar-refractivity contribution is -0.109. The van der Waals surface area contributed by atoms with Gasteiger partial charge in [-0.25, -0.2) is 4.39 Å². The molecule has 14 heavy (non-hydrogen) atoms. The van der Waals surface area contributed by atoms with Gasteiger partial charge in [-0.3, -0.25) is 5.32 Å². The molecule has 0 aliphatic carbocycles. The largest absolute Gasteiger partial charge is 0.357 e. The molecule has 1 aliphatic heterocycles. The predicted octanol–water partition coefficient (Wildman–Crippen LogP) is 1.01. The van der Waals surface area contributed by atoms with E-state index < -0.39 is 0 Å². The molecular formula is C10H10FNO2. The summed E-state index contributed by atoms with van der Waals surface area (Å²) in [5, 5.41) is 2.96. The molecule has 0 bridgehead atoms. The van der Waals surface area contributed by atoms with Crippen molar-refractivity contribution >= 4 is 6.29 Å². The second-order valence-corrected chi connectivity index (χ2v) is 3.17. The first kappa shape index (κ1) is 9.30. The number of hydrogen-bond acceptors (Lipinski definition) is 3. The van der Waals surface area contributed by atoms with E-state index in [4.69, 9.17) is 4.74 Å². The Hall–Kier alpha value is -1.26. The van der Waals surface area contributed by atoms with Crippen LogP contribution in [0.15, 0.2) is 24.3 Å². The molecule has 0 saturated carbocycles. The van der Waals surface area contributed by atoms with Gasteiger partial charge < -0.3 is 9.53 Å². The smallest absolute Gasteiger partial charge is 0.139 e. The third kappa shape index (κ3) is 1.81. The summed E-state index contributed by atoms with van der Waals surface area (Å²) < 4.78 is 17.9. The molecule has 74 valence electrons. The molecule has 2 atom stereocenters. The number of hydrogen-bond donors (Lipinski definition) is 1. The molecule has 0 amide bonds. The molecule has 1 aromatic rings. The van der Waals surface area contributed by atoms with Crippen LogP contribution in [0.5, 0.6) is 0 Å². The number of aldehydes is 1. The minimum atomic E-state index is -0.300. The van der Waals surface area contributed by atoms with E-state index in [9.17, 15) is 9.18 Å². The second kappa shape index (κ2) is 3.86. The molecule has 1 saturated heterocycles. The van der Waals surface area contributed by atoms with Crippen LogP contribution in [0.3, 0.4) is 0 Å². The lowest BCUT2D eigenvalue weighted by Gasteiger charge is -2.09. The van der Waals surface area contributed by atoms with Crippen LogP contribution >= 0.6 is 0 Å². The number of halogens is 1. The Morgan fingerprint density at radius 3 is 2.71 bits per heavy atom. The van der Waals surface area contributed by atoms with Crippen LogP contribution < -0.4 is 5.32 Å². The fourth-order valence-corrected chi connectivity index (χ4v) is 1.40. The number of rotatable bonds is 2. The van der Waals surface area contributed by atoms with Gasteiger partial charge in [-0.1, -0.05) is 12.1 Å². The highest BCUT2D eigenvalue weighted by atomic mass is 19.1. The van der Waals surface area contributed by atoms with Crippen molar-refractivity contribution in [3.05, 3.63) is 35.6 Å². The van der Waals surface area contributed by atoms with Crippen molar-refractivity contribution in [2.24, 2.45) is 0 Å². The van der Waals surface area contributed by atoms with Crippen molar-refractivity contribution in [1.29, 1.82) is 0 Å². The summed E-state index contributed by atoms with van der Waals surface area (Å²) >= 11 is 0. The minimum Gasteiger partial charge on any atom is -0.357 e. The molecule has 0 aromatic heterocycles. The van der Waals surface area contributed by atoms with Gasteiger partial charge in [-0.15, -0.1) is 0 Å². The van der Waals surface area contributed by atoms with E-state index in [-0.39, 0.29) is 18.1 Å². The molecule has 1 N–H and O–H groups in total. The minimum absolute atomic E-state index is 0.259. The number of nitrogens with one attached hydrogen (secondary N) is 1. The van der Waals surface area contributed by atoms with E-state index in [2.05, 4.69) is 5.32 Å². The number of carbonyl (C=O) groups excluding carboxylic acids is 1. The van der Waals surface area contributed by atoms with Gasteiger partial charge in [0.05, 0.1) is 12.6 Å². The molecule has 0 radical (unpaired) electrons. The molecule has 1 aromatic carbocycles. The molecule has 2 rings (SSSR count). The third-order valence-corrected chi connectivity index (χ3v) is 2.14. The maximum Gasteiger partial charge on any atom is 0.139 e. The third-order valence-electron chi connectivity index (χ3n) is 2.14. The Labute approximate surface area is 80.9 Å². The Kier molecular flexibility index (Phi) is 2.56. The molecule has 1 heterocycles. The topological polar surface area (TPSA) is 38.3 Å². The first-order chi connectivity index (χ1) is 6.79. The summed E-state index contributed by atoms with van der Waals surface area (Å²) in [6, 6.07) is 5.76. The van der Waals surface area contributed by atoms with Gasteiger partial charge in [0, 0.05) is 0 Å². The average molecular weight is 195 g/mol. The molecule has 1 aliphatic rings. The lowest BCUT2D eigenvalue weighted by Crippen LogP contribution is -2.26. The van der Waals surface area contributed by atoms with Gasteiger partial charge in [0.15, 0.2) is 0 Å². The number of carbonyl (C=O) groups is 1. The van der Waals surface area contributed by atoms with E-state index >= 15 is 0 Å². The van der Waals surface area contributed by atoms with Crippen molar-refractivity contribution in [1.82, 2.24) is 5.32 Å². The molecular weight excluding hydrogens is 185 g/mol. The van der Waals surface area contributed by atoms with Crippen molar-refractivity contribution in [2.45, 2.75) is 12.3 Å². The van der Waals surface area contributed by atoms with Crippen molar-refractivity contribution < 1.29 is 13.9 Å². The van der Waals surface area contributed by atoms with Crippen LogP contribution in [0.2, 0.25) is 0 Å². The number of ether oxygens (including phenoxy) is 1. The van der Waals surface area contributed by atoms with E-state index in [1.807, 2.05) is 0 Å². The Morgan fingerprint density at radius 2 is 2.14 bits per heavy atom. The predicted molar refractivity (Wildman–Crippen MR) is 48.1 cm³/mol. The zero-order chi connectivity index (χ0) is 9.97. The maximum absolute atomic E-state index is 12.6. The van der Waals surface area contributed by atoms with E-state index in [1.165, 1.54) is 12.1 Å². The number of benzene rings is 1. The quantitative estimate of drug-likeness (QED) is 0.716. The maximum atomic E-state index is 12.6. The van der Waals surface area contributed by atoms with Gasteiger partial charge in [0.1, 0.15) is 18.3 Å². The second-order valence-electron chi connectivity index (χ2n) is 3.17. The van der Waals surface area contributed by atoms with Crippen LogP contribution in [-0.2, 0) is 9.53 Å². The van der Waals surface area contributed by atoms with Gasteiger partial charge in [-0.2, -0.15) is 0 Å². The summed E-state index contributed by atoms with van der Waals surface area (Å²) in [7, 11) is 0. The zero-order valence-corrected chi connectivity index (χ0v) is 7.44. The van der Waals surface area contributed by atoms with Gasteiger partial charge in [0.25, 0.3) is 0 Å². The summed E-state index contributed by atoms with van der Waals surface area (Å²) in [6.45, 7) is 0.367. The van der Waals surface area contributed by atoms with Crippen LogP contribution in [0.4, 0.5) is 4.39 Å². The fourth-order valence-electron chi connectivity index (χ4n) is 1.40. The Bertz CT molecular complexity index is 325. The monoisotopic (exact) mass is 195 g/mol. The summed E-state index contributed by atoms with van der Waals surface area (Å²) in [6.07, 6.45) is 0.509. The van der Waals surface area contributed by atoms with Gasteiger partial charge >= 0.3 is 0 Å². The van der Waals surface area contributed by atoms with Gasteiger partial charge in [-0.05, 0) is 17.7 Å². The summed E-state index contributed by atoms with van der Waals surface area (Å²) in [5.74, 6) is -0.279. The molecule has 3 nitrogen and oxygen atoms in total. The van der Waals surface area contributed by atoms with Crippen LogP contribution in [-0.4, -0.2) is 18.9 Å². The highest BCUT2D eigenvalue weighted by Crippen LogP contribution is 2.19. The molecule has 2 unspecified atom stereocenters. The van der Waals surface area contributed by atoms with Crippen LogP contribution in [0.25, 0.3) is 0 Å². The van der Waals surface area contributed by atoms with E-state index in [0.717, 1.165) is 11.8 Å². The van der Waals surface area contributed by atoms with Crippen molar-refractivity contribution in [3.63, 3.8) is 0 Å². The van der Waals surface area contributed by atoms with Crippen LogP contribution in [0, 0.1) is 5.82 Å². The average Bonchev–Trinajstić information content (AvgIpc) is 2.67. The highest BCUT2D eigenvalue weighted by Gasteiger charge is 2.24. The standard InChI is InChI=1S/C10H10FNO2/c11-8-3-1-7(2-4-8)10-12-9(5-13)6-14-10/h1-5,9-10,12H,6H2. The van der Waals surface area contributed by atoms with Gasteiger partial charge in [0.2, 0.25) is 0 Å². The zero-order valence-electron chi connectivity index (χ0n) is 7.44. The van der Waals surface area contributed by atoms with E-state index in [1.54, 1.807) is 12.1 Å². The molecule has 1 fully saturated rings. The Morgan fingerprint density at radius 1 is 1.43 bits per heavy atom. The lowest BCUT2D eigenvalue weighted by atomic mass is 10.2. The molecule has 4 heteroatoms. The normalized spacial score (nSPS) is 26.4. The molecule has 0 spiro atoms. The van der Waals surface area contributed by atoms with Crippen LogP contribution in [0.1, 0.15) is 11.8 Å². The highest BCUT2D eigenvalue weighted by molar-refractivity contribution is 5.58. The SMILES string of the molecule is O=CC1COC(c2ccc(F)cc2)N1. The van der Waals surface area contributed by atoms with Crippen molar-refractivity contribution in [2.75, 3.05) is 6.61 Å². The first-order valence-electron chi connectivity index (χ1n) is 4.38. The summed E-state index contributed by atoms with van der Waals surface area (Å²) in [5.41, 5.74) is 0.829. The van der Waals surface area contributed by atoms with Crippen molar-refractivity contribution in [3.8, 4) is 0 Å². The Balaban J connectivity index is 2.09. The fraction of sp³-hybridized carbons (Fsp3) is 0.300. The summed E-state index contributed by atoms with van der Waals surface area (Å²) in [4.78, 5) is 10.4. The van der Waals surface area contributed by atoms with E-state index in [0.29, 0.717) is 6.61 Å². The first-order valence-corrected chi connectivity index (χ1v) is 4.38.